The lowest BCUT2D eigenvalue weighted by Gasteiger charge is -2.75. The highest BCUT2D eigenvalue weighted by Crippen LogP contribution is 2.81. The first-order valence-corrected chi connectivity index (χ1v) is 33.5. The number of benzene rings is 3. The molecule has 23 unspecified atom stereocenters. The first-order chi connectivity index (χ1) is 40.6. The summed E-state index contributed by atoms with van der Waals surface area (Å²) in [4.78, 5) is 29.9. The van der Waals surface area contributed by atoms with Crippen LogP contribution in [-0.4, -0.2) is 91.1 Å². The molecular weight excluding hydrogens is 1050 g/mol. The van der Waals surface area contributed by atoms with E-state index in [1.165, 1.54) is 24.0 Å². The van der Waals surface area contributed by atoms with Crippen molar-refractivity contribution in [2.75, 3.05) is 7.05 Å². The Bertz CT molecular complexity index is 3130. The second kappa shape index (κ2) is 20.4. The third-order valence-electron chi connectivity index (χ3n) is 28.0. The van der Waals surface area contributed by atoms with Crippen LogP contribution in [0.4, 0.5) is 0 Å². The molecule has 448 valence electrons. The van der Waals surface area contributed by atoms with Crippen LogP contribution in [0.1, 0.15) is 175 Å². The van der Waals surface area contributed by atoms with Crippen molar-refractivity contribution in [3.8, 4) is 11.8 Å². The van der Waals surface area contributed by atoms with Crippen LogP contribution < -0.4 is 5.32 Å². The maximum atomic E-state index is 15.7. The van der Waals surface area contributed by atoms with E-state index in [2.05, 4.69) is 90.8 Å². The van der Waals surface area contributed by atoms with Crippen molar-refractivity contribution >= 4 is 12.3 Å². The minimum atomic E-state index is -2.28. The highest BCUT2D eigenvalue weighted by atomic mass is 16.5. The SMILES string of the molecule is CNC1Cc2c(cccc2CO)C#CC2(CCC(Cc3ccccc3)C2)CC23CCC4C5(C=O)CC6(CCC7CC(c8ccccc8)CCC76)C(O)C6CCC(C(C)C7CCCC7)CC(C(O)C4(O)C2(O)CC2CC1C1OC(=O)C=C1C23)C65O. The fourth-order valence-corrected chi connectivity index (χ4v) is 24.7. The quantitative estimate of drug-likeness (QED) is 0.0653. The summed E-state index contributed by atoms with van der Waals surface area (Å²) >= 11 is 0. The number of likely N-dealkylation sites (N-methyl/N-ethyl adjacent to an activating group) is 1. The van der Waals surface area contributed by atoms with Crippen LogP contribution in [-0.2, 0) is 33.8 Å². The van der Waals surface area contributed by atoms with Gasteiger partial charge in [0.1, 0.15) is 23.6 Å². The van der Waals surface area contributed by atoms with E-state index < -0.39 is 86.4 Å². The van der Waals surface area contributed by atoms with Gasteiger partial charge in [-0.25, -0.2) is 4.79 Å². The normalized spacial score (nSPS) is 47.5. The molecule has 10 fully saturated rings. The topological polar surface area (TPSA) is 177 Å². The molecule has 13 aliphatic rings. The molecule has 3 aromatic rings. The molecule has 10 heteroatoms. The lowest BCUT2D eigenvalue weighted by Crippen LogP contribution is -2.86. The van der Waals surface area contributed by atoms with Gasteiger partial charge in [0.25, 0.3) is 0 Å². The monoisotopic (exact) mass is 1140 g/mol. The third-order valence-corrected chi connectivity index (χ3v) is 28.0. The number of hydrogen-bond donors (Lipinski definition) is 7. The van der Waals surface area contributed by atoms with Gasteiger partial charge in [0.05, 0.1) is 29.8 Å². The van der Waals surface area contributed by atoms with Gasteiger partial charge in [-0.15, -0.1) is 0 Å². The molecule has 84 heavy (non-hydrogen) atoms. The summed E-state index contributed by atoms with van der Waals surface area (Å²) in [6, 6.07) is 27.3. The van der Waals surface area contributed by atoms with Crippen molar-refractivity contribution in [3.05, 3.63) is 118 Å². The predicted octanol–water partition coefficient (Wildman–Crippen LogP) is 10.4. The predicted molar refractivity (Wildman–Crippen MR) is 320 cm³/mol. The van der Waals surface area contributed by atoms with Crippen molar-refractivity contribution < 1.29 is 45.0 Å². The van der Waals surface area contributed by atoms with Gasteiger partial charge < -0.3 is 45.5 Å². The molecule has 0 radical (unpaired) electrons. The molecule has 0 amide bonds. The number of carbonyl (C=O) groups is 2. The Morgan fingerprint density at radius 3 is 2.29 bits per heavy atom. The van der Waals surface area contributed by atoms with Gasteiger partial charge in [0, 0.05) is 57.6 Å². The van der Waals surface area contributed by atoms with Crippen LogP contribution in [0, 0.1) is 105 Å². The van der Waals surface area contributed by atoms with E-state index in [1.807, 2.05) is 19.2 Å². The molecule has 23 atom stereocenters. The molecule has 12 aliphatic carbocycles. The van der Waals surface area contributed by atoms with Crippen LogP contribution in [0.15, 0.2) is 90.5 Å². The summed E-state index contributed by atoms with van der Waals surface area (Å²) in [5.41, 5.74) is -4.14. The van der Waals surface area contributed by atoms with Gasteiger partial charge in [0.15, 0.2) is 0 Å². The molecule has 10 nitrogen and oxygen atoms in total. The van der Waals surface area contributed by atoms with Gasteiger partial charge >= 0.3 is 5.97 Å². The minimum absolute atomic E-state index is 0.0620. The standard InChI is InChI=1S/C74H93NO9/c1-44(47-14-9-10-15-47)50-20-23-59-66(79)69(30-26-52-33-51(21-22-58(52)69)48-16-7-4-8-17-48)42-71(43-77)62-27-31-70-41-68(28-24-46(38-68)32-45-12-5-3-6-13-45)29-25-49-18-11-19-53(40-76)55(49)36-61(75-2)56-34-54(64(70)57-37-63(78)84-65(56)57)39-72(70,81)74(62,83)67(80)60(35-50)73(59,71)82/h3-8,11-13,16-19,37,43-44,46-47,50-52,54,56,58-62,64-67,75-76,79-83H,9-10,14-15,20-24,26-28,30-36,38-42H2,1-2H3. The Morgan fingerprint density at radius 2 is 1.52 bits per heavy atom. The lowest BCUT2D eigenvalue weighted by atomic mass is 9.32. The van der Waals surface area contributed by atoms with Crippen LogP contribution in [0.2, 0.25) is 0 Å². The molecule has 16 rings (SSSR count). The van der Waals surface area contributed by atoms with E-state index in [1.54, 1.807) is 6.08 Å². The number of aliphatic hydroxyl groups excluding tert-OH is 3. The second-order valence-corrected chi connectivity index (χ2v) is 30.8. The fourth-order valence-electron chi connectivity index (χ4n) is 24.7. The van der Waals surface area contributed by atoms with E-state index in [-0.39, 0.29) is 67.4 Å². The summed E-state index contributed by atoms with van der Waals surface area (Å²) in [7, 11) is 1.95. The molecule has 3 spiro atoms. The number of aliphatic hydroxyl groups is 6. The first-order valence-electron chi connectivity index (χ1n) is 33.5. The van der Waals surface area contributed by atoms with Crippen molar-refractivity contribution in [2.45, 2.75) is 208 Å². The number of carbonyl (C=O) groups excluding carboxylic acids is 2. The third kappa shape index (κ3) is 7.79. The number of esters is 1. The Hall–Kier alpha value is -4.18. The van der Waals surface area contributed by atoms with E-state index >= 15 is 15.0 Å². The Morgan fingerprint density at radius 1 is 0.750 bits per heavy atom. The van der Waals surface area contributed by atoms with Crippen molar-refractivity contribution in [1.29, 1.82) is 0 Å². The van der Waals surface area contributed by atoms with Gasteiger partial charge in [0.2, 0.25) is 0 Å². The van der Waals surface area contributed by atoms with Crippen molar-refractivity contribution in [1.82, 2.24) is 5.32 Å². The highest BCUT2D eigenvalue weighted by Gasteiger charge is 2.87. The Labute approximate surface area is 498 Å². The number of rotatable bonds is 8. The summed E-state index contributed by atoms with van der Waals surface area (Å²) in [6.07, 6.45) is 16.3. The number of aldehydes is 1. The molecule has 3 aromatic carbocycles. The summed E-state index contributed by atoms with van der Waals surface area (Å²) in [5.74, 6) is 5.73. The van der Waals surface area contributed by atoms with Crippen molar-refractivity contribution in [2.24, 2.45) is 92.7 Å². The largest absolute Gasteiger partial charge is 0.454 e. The van der Waals surface area contributed by atoms with E-state index in [4.69, 9.17) is 4.74 Å². The lowest BCUT2D eigenvalue weighted by molar-refractivity contribution is -0.386. The van der Waals surface area contributed by atoms with Gasteiger partial charge in [-0.05, 0) is 216 Å². The zero-order chi connectivity index (χ0) is 57.8. The molecule has 10 saturated carbocycles. The van der Waals surface area contributed by atoms with Crippen LogP contribution in [0.3, 0.4) is 0 Å². The van der Waals surface area contributed by atoms with E-state index in [9.17, 15) is 25.2 Å². The molecule has 1 aliphatic heterocycles. The fraction of sp³-hybridized carbons (Fsp3) is 0.676. The highest BCUT2D eigenvalue weighted by molar-refractivity contribution is 5.86. The summed E-state index contributed by atoms with van der Waals surface area (Å²) < 4.78 is 6.55. The van der Waals surface area contributed by atoms with Crippen LogP contribution in [0.25, 0.3) is 0 Å². The average molecular weight is 1140 g/mol. The maximum Gasteiger partial charge on any atom is 0.331 e. The Kier molecular flexibility index (Phi) is 13.7. The number of nitrogens with one attached hydrogen (secondary N) is 1. The zero-order valence-corrected chi connectivity index (χ0v) is 49.9. The molecule has 0 aromatic heterocycles. The van der Waals surface area contributed by atoms with E-state index in [0.29, 0.717) is 56.3 Å². The number of ether oxygens (including phenoxy) is 1. The molecule has 1 heterocycles. The molecular formula is C74H93NO9. The molecule has 7 N–H and O–H groups in total. The van der Waals surface area contributed by atoms with Crippen molar-refractivity contribution in [3.63, 3.8) is 0 Å². The van der Waals surface area contributed by atoms with Crippen LogP contribution in [0.5, 0.6) is 0 Å². The summed E-state index contributed by atoms with van der Waals surface area (Å²) in [6.45, 7) is 2.22. The Balaban J connectivity index is 0.920. The minimum Gasteiger partial charge on any atom is -0.454 e. The number of fused-ring (bicyclic) bond motifs is 6. The molecule has 0 saturated heterocycles. The van der Waals surface area contributed by atoms with Gasteiger partial charge in [-0.1, -0.05) is 117 Å². The summed E-state index contributed by atoms with van der Waals surface area (Å²) in [5, 5.41) is 88.2. The second-order valence-electron chi connectivity index (χ2n) is 30.8. The van der Waals surface area contributed by atoms with Gasteiger partial charge in [-0.3, -0.25) is 0 Å². The number of hydrogen-bond acceptors (Lipinski definition) is 10. The van der Waals surface area contributed by atoms with Crippen LogP contribution >= 0.6 is 0 Å². The maximum absolute atomic E-state index is 15.7. The first kappa shape index (κ1) is 56.3. The molecule has 4 bridgehead atoms. The van der Waals surface area contributed by atoms with E-state index in [0.717, 1.165) is 106 Å². The zero-order valence-electron chi connectivity index (χ0n) is 49.9. The smallest absolute Gasteiger partial charge is 0.331 e. The van der Waals surface area contributed by atoms with Gasteiger partial charge in [-0.2, -0.15) is 0 Å². The average Bonchev–Trinajstić information content (AvgIpc) is 1.18.